The van der Waals surface area contributed by atoms with E-state index in [1.165, 1.54) is 11.3 Å². The molecule has 0 spiro atoms. The van der Waals surface area contributed by atoms with Gasteiger partial charge < -0.3 is 14.6 Å². The Labute approximate surface area is 146 Å². The van der Waals surface area contributed by atoms with Crippen molar-refractivity contribution in [2.45, 2.75) is 39.3 Å². The summed E-state index contributed by atoms with van der Waals surface area (Å²) in [4.78, 5) is 25.3. The van der Waals surface area contributed by atoms with E-state index in [0.717, 1.165) is 16.1 Å². The third-order valence-electron chi connectivity index (χ3n) is 4.20. The van der Waals surface area contributed by atoms with Gasteiger partial charge in [-0.05, 0) is 26.3 Å². The molecule has 0 bridgehead atoms. The molecule has 1 aromatic heterocycles. The largest absolute Gasteiger partial charge is 0.382 e. The Balaban J connectivity index is 2.07. The number of carbonyl (C=O) groups is 1. The lowest BCUT2D eigenvalue weighted by Crippen LogP contribution is -2.47. The minimum Gasteiger partial charge on any atom is -0.382 e. The third-order valence-corrected chi connectivity index (χ3v) is 5.19. The Kier molecular flexibility index (Phi) is 5.96. The zero-order valence-corrected chi connectivity index (χ0v) is 15.4. The molecule has 1 amide bonds. The van der Waals surface area contributed by atoms with Crippen molar-refractivity contribution < 1.29 is 9.53 Å². The molecule has 0 aliphatic carbocycles. The van der Waals surface area contributed by atoms with Crippen LogP contribution in [0.1, 0.15) is 29.5 Å². The van der Waals surface area contributed by atoms with Crippen LogP contribution >= 0.6 is 11.3 Å². The maximum Gasteiger partial charge on any atom is 0.307 e. The minimum atomic E-state index is -0.600. The van der Waals surface area contributed by atoms with E-state index < -0.39 is 5.54 Å². The monoisotopic (exact) mass is 348 g/mol. The lowest BCUT2D eigenvalue weighted by atomic mass is 9.92. The second-order valence-corrected chi connectivity index (χ2v) is 7.26. The minimum absolute atomic E-state index is 0.0134. The summed E-state index contributed by atoms with van der Waals surface area (Å²) in [5, 5.41) is 3.05. The normalized spacial score (nSPS) is 13.5. The highest BCUT2D eigenvalue weighted by Crippen LogP contribution is 2.21. The molecule has 1 N–H and O–H groups in total. The van der Waals surface area contributed by atoms with Crippen LogP contribution in [0, 0.1) is 13.8 Å². The number of amides is 1. The van der Waals surface area contributed by atoms with Crippen LogP contribution in [0.2, 0.25) is 0 Å². The van der Waals surface area contributed by atoms with Crippen molar-refractivity contribution in [2.24, 2.45) is 0 Å². The van der Waals surface area contributed by atoms with Crippen molar-refractivity contribution in [1.29, 1.82) is 0 Å². The predicted octanol–water partition coefficient (Wildman–Crippen LogP) is 2.59. The zero-order chi connectivity index (χ0) is 17.7. The van der Waals surface area contributed by atoms with Crippen molar-refractivity contribution in [2.75, 3.05) is 13.7 Å². The summed E-state index contributed by atoms with van der Waals surface area (Å²) in [6, 6.07) is 9.75. The first-order valence-electron chi connectivity index (χ1n) is 7.89. The first-order valence-corrected chi connectivity index (χ1v) is 8.71. The van der Waals surface area contributed by atoms with E-state index in [9.17, 15) is 9.59 Å². The second-order valence-electron chi connectivity index (χ2n) is 6.09. The fourth-order valence-electron chi connectivity index (χ4n) is 2.72. The number of hydrogen-bond acceptors (Lipinski definition) is 4. The first-order chi connectivity index (χ1) is 11.4. The van der Waals surface area contributed by atoms with Gasteiger partial charge in [0, 0.05) is 30.6 Å². The van der Waals surface area contributed by atoms with Crippen LogP contribution in [0.4, 0.5) is 0 Å². The second kappa shape index (κ2) is 7.77. The molecule has 6 heteroatoms. The fourth-order valence-corrected chi connectivity index (χ4v) is 3.57. The highest BCUT2D eigenvalue weighted by molar-refractivity contribution is 7.09. The molecule has 0 unspecified atom stereocenters. The van der Waals surface area contributed by atoms with E-state index in [1.54, 1.807) is 11.7 Å². The number of ether oxygens (including phenoxy) is 1. The standard InChI is InChI=1S/C18H24N2O3S/c1-13-14(2)24-17(22)20(13)11-10-16(21)19-18(3,12-23-4)15-8-6-5-7-9-15/h5-9H,10-12H2,1-4H3,(H,19,21)/t18-/m0/s1. The smallest absolute Gasteiger partial charge is 0.307 e. The molecule has 0 radical (unpaired) electrons. The molecular formula is C18H24N2O3S. The Bertz CT molecular complexity index is 751. The van der Waals surface area contributed by atoms with E-state index in [-0.39, 0.29) is 17.2 Å². The van der Waals surface area contributed by atoms with Crippen LogP contribution in [0.15, 0.2) is 35.1 Å². The topological polar surface area (TPSA) is 60.3 Å². The van der Waals surface area contributed by atoms with Gasteiger partial charge in [0.2, 0.25) is 5.91 Å². The molecule has 5 nitrogen and oxygen atoms in total. The number of carbonyl (C=O) groups excluding carboxylic acids is 1. The number of aryl methyl sites for hydroxylation is 1. The van der Waals surface area contributed by atoms with Gasteiger partial charge in [-0.2, -0.15) is 0 Å². The summed E-state index contributed by atoms with van der Waals surface area (Å²) < 4.78 is 6.96. The molecule has 0 aliphatic heterocycles. The van der Waals surface area contributed by atoms with Gasteiger partial charge in [0.15, 0.2) is 0 Å². The van der Waals surface area contributed by atoms with Crippen LogP contribution in [0.3, 0.4) is 0 Å². The van der Waals surface area contributed by atoms with Crippen molar-refractivity contribution >= 4 is 17.2 Å². The van der Waals surface area contributed by atoms with Gasteiger partial charge in [0.05, 0.1) is 12.1 Å². The van der Waals surface area contributed by atoms with Crippen molar-refractivity contribution in [3.05, 3.63) is 56.1 Å². The number of methoxy groups -OCH3 is 1. The van der Waals surface area contributed by atoms with Crippen molar-refractivity contribution in [3.8, 4) is 0 Å². The number of hydrogen-bond donors (Lipinski definition) is 1. The molecule has 2 rings (SSSR count). The zero-order valence-electron chi connectivity index (χ0n) is 14.6. The summed E-state index contributed by atoms with van der Waals surface area (Å²) in [6.45, 7) is 6.53. The number of nitrogens with one attached hydrogen (secondary N) is 1. The fraction of sp³-hybridized carbons (Fsp3) is 0.444. The molecule has 2 aromatic rings. The molecule has 0 fully saturated rings. The van der Waals surface area contributed by atoms with Crippen molar-refractivity contribution in [1.82, 2.24) is 9.88 Å². The van der Waals surface area contributed by atoms with Crippen LogP contribution in [-0.4, -0.2) is 24.2 Å². The summed E-state index contributed by atoms with van der Waals surface area (Å²) in [5.74, 6) is -0.103. The van der Waals surface area contributed by atoms with E-state index in [1.807, 2.05) is 51.1 Å². The van der Waals surface area contributed by atoms with E-state index in [2.05, 4.69) is 5.32 Å². The summed E-state index contributed by atoms with van der Waals surface area (Å²) in [6.07, 6.45) is 0.253. The van der Waals surface area contributed by atoms with Gasteiger partial charge in [-0.1, -0.05) is 41.7 Å². The van der Waals surface area contributed by atoms with E-state index >= 15 is 0 Å². The van der Waals surface area contributed by atoms with Gasteiger partial charge >= 0.3 is 4.87 Å². The predicted molar refractivity (Wildman–Crippen MR) is 96.5 cm³/mol. The lowest BCUT2D eigenvalue weighted by molar-refractivity contribution is -0.124. The molecule has 0 saturated heterocycles. The maximum absolute atomic E-state index is 12.4. The highest BCUT2D eigenvalue weighted by Gasteiger charge is 2.28. The SMILES string of the molecule is COC[C@](C)(NC(=O)CCn1c(C)c(C)sc1=O)c1ccccc1. The van der Waals surface area contributed by atoms with Gasteiger partial charge in [-0.25, -0.2) is 0 Å². The Morgan fingerprint density at radius 2 is 1.96 bits per heavy atom. The van der Waals surface area contributed by atoms with Gasteiger partial charge in [-0.3, -0.25) is 9.59 Å². The third kappa shape index (κ3) is 4.13. The number of rotatable bonds is 7. The average molecular weight is 348 g/mol. The summed E-state index contributed by atoms with van der Waals surface area (Å²) in [5.41, 5.74) is 1.32. The maximum atomic E-state index is 12.4. The lowest BCUT2D eigenvalue weighted by Gasteiger charge is -2.31. The Morgan fingerprint density at radius 3 is 2.50 bits per heavy atom. The van der Waals surface area contributed by atoms with E-state index in [4.69, 9.17) is 4.74 Å². The van der Waals surface area contributed by atoms with Crippen LogP contribution in [-0.2, 0) is 21.6 Å². The van der Waals surface area contributed by atoms with Crippen LogP contribution in [0.25, 0.3) is 0 Å². The van der Waals surface area contributed by atoms with Crippen LogP contribution < -0.4 is 10.2 Å². The number of nitrogens with zero attached hydrogens (tertiary/aromatic N) is 1. The molecule has 24 heavy (non-hydrogen) atoms. The Hall–Kier alpha value is -1.92. The average Bonchev–Trinajstić information content (AvgIpc) is 2.79. The molecule has 1 heterocycles. The first kappa shape index (κ1) is 18.4. The number of aromatic nitrogens is 1. The van der Waals surface area contributed by atoms with Gasteiger partial charge in [-0.15, -0.1) is 0 Å². The van der Waals surface area contributed by atoms with Gasteiger partial charge in [0.25, 0.3) is 0 Å². The number of thiazole rings is 1. The number of benzene rings is 1. The van der Waals surface area contributed by atoms with Crippen molar-refractivity contribution in [3.63, 3.8) is 0 Å². The molecule has 130 valence electrons. The van der Waals surface area contributed by atoms with Gasteiger partial charge in [0.1, 0.15) is 0 Å². The van der Waals surface area contributed by atoms with Crippen LogP contribution in [0.5, 0.6) is 0 Å². The van der Waals surface area contributed by atoms with E-state index in [0.29, 0.717) is 13.2 Å². The summed E-state index contributed by atoms with van der Waals surface area (Å²) in [7, 11) is 1.62. The molecule has 0 aliphatic rings. The quantitative estimate of drug-likeness (QED) is 0.837. The molecular weight excluding hydrogens is 324 g/mol. The molecule has 0 saturated carbocycles. The highest BCUT2D eigenvalue weighted by atomic mass is 32.1. The molecule has 1 atom stereocenters. The molecule has 1 aromatic carbocycles. The summed E-state index contributed by atoms with van der Waals surface area (Å²) >= 11 is 1.22. The Morgan fingerprint density at radius 1 is 1.29 bits per heavy atom.